The molecule has 0 spiro atoms. The van der Waals surface area contributed by atoms with Gasteiger partial charge in [0.2, 0.25) is 10.0 Å². The summed E-state index contributed by atoms with van der Waals surface area (Å²) in [7, 11) is -2.02. The summed E-state index contributed by atoms with van der Waals surface area (Å²) in [5.41, 5.74) is 3.64. The van der Waals surface area contributed by atoms with Gasteiger partial charge in [0.05, 0.1) is 28.9 Å². The standard InChI is InChI=1S/C20H18N8O2S/c1-28(31(2,29)30)20-13(4-3-6-23-20)10-24-18-14(9-21)11-25-19-15(18)8-17(27-19)16-5-7-22-12-26-16/h3-8,11-12H,10H2,1-2H3,(H2,24,25,27). The highest BCUT2D eigenvalue weighted by molar-refractivity contribution is 7.92. The number of nitrogens with zero attached hydrogens (tertiary/aromatic N) is 6. The Hall–Kier alpha value is -4.04. The summed E-state index contributed by atoms with van der Waals surface area (Å²) >= 11 is 0. The Morgan fingerprint density at radius 1 is 1.23 bits per heavy atom. The van der Waals surface area contributed by atoms with E-state index >= 15 is 0 Å². The van der Waals surface area contributed by atoms with Crippen molar-refractivity contribution in [1.82, 2.24) is 24.9 Å². The molecule has 2 N–H and O–H groups in total. The lowest BCUT2D eigenvalue weighted by Gasteiger charge is -2.19. The van der Waals surface area contributed by atoms with Gasteiger partial charge in [-0.05, 0) is 18.2 Å². The van der Waals surface area contributed by atoms with E-state index in [4.69, 9.17) is 0 Å². The van der Waals surface area contributed by atoms with Crippen molar-refractivity contribution in [2.24, 2.45) is 0 Å². The van der Waals surface area contributed by atoms with Crippen molar-refractivity contribution in [3.8, 4) is 17.5 Å². The third kappa shape index (κ3) is 4.01. The molecule has 4 aromatic rings. The van der Waals surface area contributed by atoms with Gasteiger partial charge in [0.1, 0.15) is 23.9 Å². The minimum Gasteiger partial charge on any atom is -0.379 e. The van der Waals surface area contributed by atoms with Crippen LogP contribution in [0.5, 0.6) is 0 Å². The van der Waals surface area contributed by atoms with Gasteiger partial charge in [0, 0.05) is 43.1 Å². The average Bonchev–Trinajstić information content (AvgIpc) is 3.21. The molecule has 0 aliphatic carbocycles. The van der Waals surface area contributed by atoms with E-state index in [1.807, 2.05) is 6.07 Å². The summed E-state index contributed by atoms with van der Waals surface area (Å²) in [6.45, 7) is 0.255. The fourth-order valence-corrected chi connectivity index (χ4v) is 3.61. The van der Waals surface area contributed by atoms with Crippen LogP contribution in [-0.4, -0.2) is 46.6 Å². The quantitative estimate of drug-likeness (QED) is 0.471. The molecule has 4 rings (SSSR count). The van der Waals surface area contributed by atoms with Crippen LogP contribution in [0.1, 0.15) is 11.1 Å². The Labute approximate surface area is 178 Å². The smallest absolute Gasteiger partial charge is 0.233 e. The zero-order valence-corrected chi connectivity index (χ0v) is 17.6. The Kier molecular flexibility index (Phi) is 5.22. The van der Waals surface area contributed by atoms with Gasteiger partial charge in [-0.25, -0.2) is 28.4 Å². The Bertz CT molecular complexity index is 1390. The molecule has 156 valence electrons. The first-order valence-corrected chi connectivity index (χ1v) is 11.0. The maximum atomic E-state index is 12.0. The lowest BCUT2D eigenvalue weighted by atomic mass is 10.1. The van der Waals surface area contributed by atoms with Crippen molar-refractivity contribution in [3.63, 3.8) is 0 Å². The second-order valence-electron chi connectivity index (χ2n) is 6.77. The lowest BCUT2D eigenvalue weighted by molar-refractivity contribution is 0.599. The van der Waals surface area contributed by atoms with Crippen LogP contribution in [0.2, 0.25) is 0 Å². The number of sulfonamides is 1. The van der Waals surface area contributed by atoms with E-state index < -0.39 is 10.0 Å². The summed E-state index contributed by atoms with van der Waals surface area (Å²) in [6.07, 6.45) is 7.23. The molecule has 11 heteroatoms. The number of hydrogen-bond acceptors (Lipinski definition) is 8. The lowest BCUT2D eigenvalue weighted by Crippen LogP contribution is -2.27. The van der Waals surface area contributed by atoms with Crippen LogP contribution in [0.15, 0.2) is 49.2 Å². The van der Waals surface area contributed by atoms with Crippen molar-refractivity contribution < 1.29 is 8.42 Å². The summed E-state index contributed by atoms with van der Waals surface area (Å²) in [5, 5.41) is 13.6. The van der Waals surface area contributed by atoms with Crippen LogP contribution in [0.3, 0.4) is 0 Å². The molecule has 0 aliphatic rings. The zero-order chi connectivity index (χ0) is 22.0. The Morgan fingerprint density at radius 2 is 2.06 bits per heavy atom. The van der Waals surface area contributed by atoms with Crippen LogP contribution in [0.25, 0.3) is 22.4 Å². The van der Waals surface area contributed by atoms with Gasteiger partial charge in [-0.1, -0.05) is 6.07 Å². The van der Waals surface area contributed by atoms with Gasteiger partial charge in [-0.15, -0.1) is 0 Å². The molecule has 0 atom stereocenters. The second kappa shape index (κ2) is 8.00. The first-order valence-electron chi connectivity index (χ1n) is 9.18. The van der Waals surface area contributed by atoms with Crippen molar-refractivity contribution in [2.45, 2.75) is 6.54 Å². The van der Waals surface area contributed by atoms with E-state index in [0.717, 1.165) is 21.6 Å². The molecule has 0 amide bonds. The molecule has 0 aromatic carbocycles. The highest BCUT2D eigenvalue weighted by Crippen LogP contribution is 2.30. The highest BCUT2D eigenvalue weighted by Gasteiger charge is 2.18. The van der Waals surface area contributed by atoms with Gasteiger partial charge < -0.3 is 10.3 Å². The molecule has 4 heterocycles. The summed E-state index contributed by atoms with van der Waals surface area (Å²) in [4.78, 5) is 19.9. The van der Waals surface area contributed by atoms with Crippen LogP contribution in [-0.2, 0) is 16.6 Å². The number of anilines is 2. The fourth-order valence-electron chi connectivity index (χ4n) is 3.13. The van der Waals surface area contributed by atoms with Crippen molar-refractivity contribution in [3.05, 3.63) is 60.3 Å². The number of aromatic amines is 1. The SMILES string of the molecule is CN(c1ncccc1CNc1c(C#N)cnc2[nH]c(-c3ccncn3)cc12)S(C)(=O)=O. The van der Waals surface area contributed by atoms with Gasteiger partial charge >= 0.3 is 0 Å². The zero-order valence-electron chi connectivity index (χ0n) is 16.7. The number of aromatic nitrogens is 5. The predicted octanol–water partition coefficient (Wildman–Crippen LogP) is 2.29. The molecule has 0 unspecified atom stereocenters. The van der Waals surface area contributed by atoms with E-state index in [9.17, 15) is 13.7 Å². The third-order valence-corrected chi connectivity index (χ3v) is 5.92. The number of hydrogen-bond donors (Lipinski definition) is 2. The third-order valence-electron chi connectivity index (χ3n) is 4.76. The highest BCUT2D eigenvalue weighted by atomic mass is 32.2. The summed E-state index contributed by atoms with van der Waals surface area (Å²) < 4.78 is 25.1. The largest absolute Gasteiger partial charge is 0.379 e. The van der Waals surface area contributed by atoms with Gasteiger partial charge in [0.15, 0.2) is 0 Å². The van der Waals surface area contributed by atoms with E-state index in [2.05, 4.69) is 36.3 Å². The number of fused-ring (bicyclic) bond motifs is 1. The number of nitriles is 1. The normalized spacial score (nSPS) is 11.3. The maximum Gasteiger partial charge on any atom is 0.233 e. The Morgan fingerprint density at radius 3 is 2.77 bits per heavy atom. The number of H-pyrrole nitrogens is 1. The maximum absolute atomic E-state index is 12.0. The topological polar surface area (TPSA) is 141 Å². The van der Waals surface area contributed by atoms with Crippen LogP contribution >= 0.6 is 0 Å². The molecule has 0 saturated heterocycles. The molecule has 0 saturated carbocycles. The Balaban J connectivity index is 1.73. The first-order chi connectivity index (χ1) is 14.9. The molecular weight excluding hydrogens is 416 g/mol. The second-order valence-corrected chi connectivity index (χ2v) is 8.78. The average molecular weight is 434 g/mol. The van der Waals surface area contributed by atoms with Gasteiger partial charge in [0.25, 0.3) is 0 Å². The molecule has 0 aliphatic heterocycles. The van der Waals surface area contributed by atoms with Crippen LogP contribution in [0.4, 0.5) is 11.5 Å². The van der Waals surface area contributed by atoms with Crippen molar-refractivity contribution in [2.75, 3.05) is 22.9 Å². The minimum atomic E-state index is -3.47. The molecule has 31 heavy (non-hydrogen) atoms. The molecule has 0 fully saturated rings. The summed E-state index contributed by atoms with van der Waals surface area (Å²) in [6, 6.07) is 9.29. The van der Waals surface area contributed by atoms with Crippen molar-refractivity contribution in [1.29, 1.82) is 5.26 Å². The molecule has 4 aromatic heterocycles. The van der Waals surface area contributed by atoms with Gasteiger partial charge in [-0.3, -0.25) is 4.31 Å². The fraction of sp³-hybridized carbons (Fsp3) is 0.150. The van der Waals surface area contributed by atoms with E-state index in [1.54, 1.807) is 24.4 Å². The molecule has 0 radical (unpaired) electrons. The molecular formula is C20H18N8O2S. The van der Waals surface area contributed by atoms with E-state index in [-0.39, 0.29) is 6.54 Å². The summed E-state index contributed by atoms with van der Waals surface area (Å²) in [5.74, 6) is 0.317. The monoisotopic (exact) mass is 434 g/mol. The van der Waals surface area contributed by atoms with Crippen LogP contribution < -0.4 is 9.62 Å². The first kappa shape index (κ1) is 20.2. The molecule has 10 nitrogen and oxygen atoms in total. The van der Waals surface area contributed by atoms with E-state index in [1.165, 1.54) is 25.8 Å². The van der Waals surface area contributed by atoms with Crippen LogP contribution in [0, 0.1) is 11.3 Å². The van der Waals surface area contributed by atoms with Gasteiger partial charge in [-0.2, -0.15) is 5.26 Å². The number of pyridine rings is 2. The van der Waals surface area contributed by atoms with Crippen molar-refractivity contribution >= 4 is 32.6 Å². The predicted molar refractivity (Wildman–Crippen MR) is 117 cm³/mol. The molecule has 0 bridgehead atoms. The number of nitrogens with one attached hydrogen (secondary N) is 2. The number of rotatable bonds is 6. The minimum absolute atomic E-state index is 0.255. The van der Waals surface area contributed by atoms with E-state index in [0.29, 0.717) is 34.0 Å².